The molecule has 2 aromatic rings. The van der Waals surface area contributed by atoms with Crippen LogP contribution in [-0.4, -0.2) is 24.2 Å². The third-order valence-corrected chi connectivity index (χ3v) is 4.47. The summed E-state index contributed by atoms with van der Waals surface area (Å²) >= 11 is 11.4. The summed E-state index contributed by atoms with van der Waals surface area (Å²) in [5.74, 6) is 0.00333. The molecule has 0 spiro atoms. The van der Waals surface area contributed by atoms with Crippen molar-refractivity contribution in [1.29, 1.82) is 0 Å². The number of anilines is 1. The first-order valence-corrected chi connectivity index (χ1v) is 8.54. The van der Waals surface area contributed by atoms with Gasteiger partial charge in [-0.2, -0.15) is 0 Å². The van der Waals surface area contributed by atoms with Crippen molar-refractivity contribution in [3.63, 3.8) is 0 Å². The van der Waals surface area contributed by atoms with Crippen LogP contribution < -0.4 is 19.7 Å². The summed E-state index contributed by atoms with van der Waals surface area (Å²) in [5.41, 5.74) is 0.942. The Morgan fingerprint density at radius 2 is 2.00 bits per heavy atom. The number of amides is 1. The van der Waals surface area contributed by atoms with E-state index in [-0.39, 0.29) is 16.5 Å². The van der Waals surface area contributed by atoms with E-state index in [4.69, 9.17) is 33.3 Å². The molecule has 0 radical (unpaired) electrons. The number of nitrogens with one attached hydrogen (secondary N) is 1. The zero-order valence-electron chi connectivity index (χ0n) is 13.3. The summed E-state index contributed by atoms with van der Waals surface area (Å²) < 4.78 is 25.0. The maximum absolute atomic E-state index is 14.0. The standard InChI is InChI=1S/C18H12ClFN2O3S/c19-11-7-10(9-15-16(11)25-6-5-24-15)8-13-17(23)22(18(26)21-13)14-4-2-1-3-12(14)20/h1-4,7-9H,5-6H2,(H,21,26)/b13-8+. The van der Waals surface area contributed by atoms with Crippen LogP contribution in [0.1, 0.15) is 5.56 Å². The largest absolute Gasteiger partial charge is 0.486 e. The van der Waals surface area contributed by atoms with Gasteiger partial charge in [-0.1, -0.05) is 23.7 Å². The highest BCUT2D eigenvalue weighted by Gasteiger charge is 2.33. The average molecular weight is 391 g/mol. The number of thiocarbonyl (C=S) groups is 1. The number of benzene rings is 2. The minimum Gasteiger partial charge on any atom is -0.486 e. The number of ether oxygens (including phenoxy) is 2. The molecule has 2 aromatic carbocycles. The van der Waals surface area contributed by atoms with E-state index in [1.165, 1.54) is 12.1 Å². The SMILES string of the molecule is O=C1/C(=C\c2cc(Cl)c3c(c2)OCCO3)NC(=S)N1c1ccccc1F. The maximum atomic E-state index is 14.0. The smallest absolute Gasteiger partial charge is 0.281 e. The minimum absolute atomic E-state index is 0.0959. The van der Waals surface area contributed by atoms with E-state index in [9.17, 15) is 9.18 Å². The van der Waals surface area contributed by atoms with E-state index in [2.05, 4.69) is 5.32 Å². The number of para-hydroxylation sites is 1. The first kappa shape index (κ1) is 16.8. The Morgan fingerprint density at radius 1 is 1.23 bits per heavy atom. The van der Waals surface area contributed by atoms with Crippen LogP contribution in [0.15, 0.2) is 42.1 Å². The summed E-state index contributed by atoms with van der Waals surface area (Å²) in [7, 11) is 0. The number of hydrogen-bond donors (Lipinski definition) is 1. The predicted octanol–water partition coefficient (Wildman–Crippen LogP) is 3.51. The number of hydrogen-bond acceptors (Lipinski definition) is 4. The predicted molar refractivity (Wildman–Crippen MR) is 100 cm³/mol. The second-order valence-corrected chi connectivity index (χ2v) is 6.40. The lowest BCUT2D eigenvalue weighted by atomic mass is 10.1. The van der Waals surface area contributed by atoms with Gasteiger partial charge in [-0.25, -0.2) is 9.29 Å². The van der Waals surface area contributed by atoms with Gasteiger partial charge in [0.05, 0.1) is 10.7 Å². The topological polar surface area (TPSA) is 50.8 Å². The van der Waals surface area contributed by atoms with Gasteiger partial charge in [0, 0.05) is 0 Å². The van der Waals surface area contributed by atoms with Gasteiger partial charge < -0.3 is 14.8 Å². The fourth-order valence-electron chi connectivity index (χ4n) is 2.77. The fraction of sp³-hybridized carbons (Fsp3) is 0.111. The lowest BCUT2D eigenvalue weighted by molar-refractivity contribution is -0.113. The molecule has 1 fully saturated rings. The van der Waals surface area contributed by atoms with Gasteiger partial charge in [-0.3, -0.25) is 4.79 Å². The van der Waals surface area contributed by atoms with Crippen LogP contribution in [0.3, 0.4) is 0 Å². The van der Waals surface area contributed by atoms with Gasteiger partial charge in [0.15, 0.2) is 16.6 Å². The Balaban J connectivity index is 1.69. The average Bonchev–Trinajstić information content (AvgIpc) is 2.89. The molecule has 2 heterocycles. The van der Waals surface area contributed by atoms with Gasteiger partial charge in [0.1, 0.15) is 24.7 Å². The van der Waals surface area contributed by atoms with Crippen molar-refractivity contribution < 1.29 is 18.7 Å². The van der Waals surface area contributed by atoms with Crippen molar-refractivity contribution in [2.24, 2.45) is 0 Å². The van der Waals surface area contributed by atoms with Crippen molar-refractivity contribution in [3.05, 3.63) is 58.5 Å². The molecular formula is C18H12ClFN2O3S. The molecule has 5 nitrogen and oxygen atoms in total. The number of carbonyl (C=O) groups excluding carboxylic acids is 1. The molecule has 0 aliphatic carbocycles. The van der Waals surface area contributed by atoms with Crippen LogP contribution in [0.4, 0.5) is 10.1 Å². The monoisotopic (exact) mass is 390 g/mol. The van der Waals surface area contributed by atoms with E-state index < -0.39 is 11.7 Å². The summed E-state index contributed by atoms with van der Waals surface area (Å²) in [6, 6.07) is 9.32. The summed E-state index contributed by atoms with van der Waals surface area (Å²) in [6.45, 7) is 0.852. The highest BCUT2D eigenvalue weighted by molar-refractivity contribution is 7.80. The number of halogens is 2. The van der Waals surface area contributed by atoms with Crippen molar-refractivity contribution in [2.75, 3.05) is 18.1 Å². The van der Waals surface area contributed by atoms with Gasteiger partial charge in [0.25, 0.3) is 5.91 Å². The fourth-order valence-corrected chi connectivity index (χ4v) is 3.33. The lowest BCUT2D eigenvalue weighted by Crippen LogP contribution is -2.31. The molecule has 0 atom stereocenters. The summed E-state index contributed by atoms with van der Waals surface area (Å²) in [6.07, 6.45) is 1.58. The third-order valence-electron chi connectivity index (χ3n) is 3.90. The normalized spacial score (nSPS) is 17.6. The molecule has 0 bridgehead atoms. The van der Waals surface area contributed by atoms with Crippen molar-refractivity contribution in [1.82, 2.24) is 5.32 Å². The van der Waals surface area contributed by atoms with E-state index in [0.29, 0.717) is 35.3 Å². The highest BCUT2D eigenvalue weighted by atomic mass is 35.5. The van der Waals surface area contributed by atoms with Crippen LogP contribution in [0.2, 0.25) is 5.02 Å². The molecule has 0 unspecified atom stereocenters. The third kappa shape index (κ3) is 2.89. The highest BCUT2D eigenvalue weighted by Crippen LogP contribution is 2.39. The molecule has 2 aliphatic heterocycles. The van der Waals surface area contributed by atoms with Crippen molar-refractivity contribution >= 4 is 46.6 Å². The molecule has 132 valence electrons. The first-order valence-electron chi connectivity index (χ1n) is 7.75. The van der Waals surface area contributed by atoms with E-state index in [1.54, 1.807) is 30.3 Å². The molecule has 1 saturated heterocycles. The van der Waals surface area contributed by atoms with E-state index >= 15 is 0 Å². The van der Waals surface area contributed by atoms with Crippen LogP contribution in [0, 0.1) is 5.82 Å². The van der Waals surface area contributed by atoms with Gasteiger partial charge in [-0.05, 0) is 48.1 Å². The van der Waals surface area contributed by atoms with Crippen molar-refractivity contribution in [3.8, 4) is 11.5 Å². The van der Waals surface area contributed by atoms with Crippen LogP contribution in [0.25, 0.3) is 6.08 Å². The molecule has 1 amide bonds. The molecular weight excluding hydrogens is 379 g/mol. The lowest BCUT2D eigenvalue weighted by Gasteiger charge is -2.19. The summed E-state index contributed by atoms with van der Waals surface area (Å²) in [4.78, 5) is 13.8. The van der Waals surface area contributed by atoms with E-state index in [0.717, 1.165) is 4.90 Å². The van der Waals surface area contributed by atoms with Crippen LogP contribution in [0.5, 0.6) is 11.5 Å². The number of rotatable bonds is 2. The quantitative estimate of drug-likeness (QED) is 0.628. The number of fused-ring (bicyclic) bond motifs is 1. The first-order chi connectivity index (χ1) is 12.5. The zero-order chi connectivity index (χ0) is 18.3. The summed E-state index contributed by atoms with van der Waals surface area (Å²) in [5, 5.41) is 3.30. The maximum Gasteiger partial charge on any atom is 0.281 e. The molecule has 0 aromatic heterocycles. The number of nitrogens with zero attached hydrogens (tertiary/aromatic N) is 1. The van der Waals surface area contributed by atoms with Gasteiger partial charge in [-0.15, -0.1) is 0 Å². The Labute approximate surface area is 159 Å². The Kier molecular flexibility index (Phi) is 4.26. The minimum atomic E-state index is -0.534. The molecule has 2 aliphatic rings. The molecule has 0 saturated carbocycles. The number of carbonyl (C=O) groups is 1. The zero-order valence-corrected chi connectivity index (χ0v) is 14.9. The second-order valence-electron chi connectivity index (χ2n) is 5.61. The Hall–Kier alpha value is -2.64. The Morgan fingerprint density at radius 3 is 2.81 bits per heavy atom. The van der Waals surface area contributed by atoms with Gasteiger partial charge in [0.2, 0.25) is 0 Å². The van der Waals surface area contributed by atoms with E-state index in [1.807, 2.05) is 0 Å². The second kappa shape index (κ2) is 6.59. The van der Waals surface area contributed by atoms with Gasteiger partial charge >= 0.3 is 0 Å². The van der Waals surface area contributed by atoms with Crippen LogP contribution >= 0.6 is 23.8 Å². The Bertz CT molecular complexity index is 963. The van der Waals surface area contributed by atoms with Crippen molar-refractivity contribution in [2.45, 2.75) is 0 Å². The molecule has 4 rings (SSSR count). The molecule has 26 heavy (non-hydrogen) atoms. The molecule has 1 N–H and O–H groups in total. The van der Waals surface area contributed by atoms with Crippen LogP contribution in [-0.2, 0) is 4.79 Å². The molecule has 8 heteroatoms.